The first-order valence-electron chi connectivity index (χ1n) is 7.00. The van der Waals surface area contributed by atoms with Crippen LogP contribution in [-0.4, -0.2) is 51.2 Å². The lowest BCUT2D eigenvalue weighted by Crippen LogP contribution is -2.45. The third kappa shape index (κ3) is 3.07. The van der Waals surface area contributed by atoms with Crippen molar-refractivity contribution in [3.05, 3.63) is 34.5 Å². The highest BCUT2D eigenvalue weighted by Crippen LogP contribution is 2.24. The highest BCUT2D eigenvalue weighted by molar-refractivity contribution is 7.11. The first-order chi connectivity index (χ1) is 10.6. The van der Waals surface area contributed by atoms with Crippen LogP contribution >= 0.6 is 11.3 Å². The summed E-state index contributed by atoms with van der Waals surface area (Å²) in [6, 6.07) is 1.75. The number of rotatable bonds is 4. The smallest absolute Gasteiger partial charge is 0.263 e. The number of hydrogen-bond donors (Lipinski definition) is 2. The number of aromatic nitrogens is 3. The van der Waals surface area contributed by atoms with Crippen molar-refractivity contribution < 1.29 is 9.90 Å². The molecule has 2 aromatic heterocycles. The molecule has 1 aliphatic rings. The second-order valence-electron chi connectivity index (χ2n) is 5.39. The Bertz CT molecular complexity index is 662. The van der Waals surface area contributed by atoms with Crippen molar-refractivity contribution in [2.75, 3.05) is 24.5 Å². The lowest BCUT2D eigenvalue weighted by Gasteiger charge is -2.23. The number of amides is 1. The topological polar surface area (TPSA) is 91.2 Å². The maximum atomic E-state index is 12.1. The molecule has 2 N–H and O–H groups in total. The normalized spacial score (nSPS) is 21.1. The van der Waals surface area contributed by atoms with E-state index >= 15 is 0 Å². The quantitative estimate of drug-likeness (QED) is 0.858. The highest BCUT2D eigenvalue weighted by Gasteiger charge is 2.37. The summed E-state index contributed by atoms with van der Waals surface area (Å²) >= 11 is 1.30. The van der Waals surface area contributed by atoms with Crippen LogP contribution in [0.4, 0.5) is 5.95 Å². The minimum absolute atomic E-state index is 0.192. The number of anilines is 1. The summed E-state index contributed by atoms with van der Waals surface area (Å²) < 4.78 is 0. The molecule has 0 unspecified atom stereocenters. The second kappa shape index (κ2) is 5.98. The van der Waals surface area contributed by atoms with Crippen LogP contribution < -0.4 is 10.2 Å². The fourth-order valence-electron chi connectivity index (χ4n) is 2.47. The van der Waals surface area contributed by atoms with E-state index in [1.54, 1.807) is 30.9 Å². The molecular weight excluding hydrogens is 302 g/mol. The number of nitrogens with one attached hydrogen (secondary N) is 1. The maximum absolute atomic E-state index is 12.1. The first-order valence-corrected chi connectivity index (χ1v) is 7.88. The van der Waals surface area contributed by atoms with Gasteiger partial charge in [-0.15, -0.1) is 11.3 Å². The van der Waals surface area contributed by atoms with E-state index in [1.165, 1.54) is 11.3 Å². The predicted molar refractivity (Wildman–Crippen MR) is 83.0 cm³/mol. The SMILES string of the molecule is Cc1ncsc1C(=O)NC[C@@]1(O)CCN(c2ncccn2)C1. The van der Waals surface area contributed by atoms with Gasteiger partial charge in [-0.1, -0.05) is 0 Å². The lowest BCUT2D eigenvalue weighted by atomic mass is 10.0. The van der Waals surface area contributed by atoms with Gasteiger partial charge in [-0.25, -0.2) is 15.0 Å². The minimum atomic E-state index is -0.965. The average molecular weight is 319 g/mol. The zero-order valence-corrected chi connectivity index (χ0v) is 13.0. The van der Waals surface area contributed by atoms with Crippen LogP contribution in [0, 0.1) is 6.92 Å². The molecule has 1 saturated heterocycles. The van der Waals surface area contributed by atoms with Crippen LogP contribution in [0.2, 0.25) is 0 Å². The summed E-state index contributed by atoms with van der Waals surface area (Å²) in [5.74, 6) is 0.408. The summed E-state index contributed by atoms with van der Waals surface area (Å²) in [6.07, 6.45) is 3.91. The molecule has 3 rings (SSSR count). The molecule has 0 radical (unpaired) electrons. The molecule has 1 fully saturated rings. The zero-order chi connectivity index (χ0) is 15.6. The number of β-amino-alcohol motifs (C(OH)–C–C–N with tert-alkyl or cyclic N) is 1. The van der Waals surface area contributed by atoms with Gasteiger partial charge in [-0.2, -0.15) is 0 Å². The Hall–Kier alpha value is -2.06. The summed E-state index contributed by atoms with van der Waals surface area (Å²) in [6.45, 7) is 3.06. The van der Waals surface area contributed by atoms with Gasteiger partial charge in [0.1, 0.15) is 10.5 Å². The zero-order valence-electron chi connectivity index (χ0n) is 12.2. The Morgan fingerprint density at radius 3 is 2.91 bits per heavy atom. The Morgan fingerprint density at radius 2 is 2.23 bits per heavy atom. The highest BCUT2D eigenvalue weighted by atomic mass is 32.1. The number of thiazole rings is 1. The van der Waals surface area contributed by atoms with Gasteiger partial charge in [0.25, 0.3) is 5.91 Å². The molecule has 1 aliphatic heterocycles. The van der Waals surface area contributed by atoms with Crippen molar-refractivity contribution in [2.45, 2.75) is 18.9 Å². The second-order valence-corrected chi connectivity index (χ2v) is 6.25. The van der Waals surface area contributed by atoms with Gasteiger partial charge < -0.3 is 15.3 Å². The summed E-state index contributed by atoms with van der Waals surface area (Å²) in [7, 11) is 0. The third-order valence-electron chi connectivity index (χ3n) is 3.70. The molecule has 8 heteroatoms. The number of carbonyl (C=O) groups is 1. The van der Waals surface area contributed by atoms with E-state index in [0.717, 1.165) is 0 Å². The molecule has 0 aliphatic carbocycles. The van der Waals surface area contributed by atoms with Crippen LogP contribution in [0.5, 0.6) is 0 Å². The van der Waals surface area contributed by atoms with Crippen LogP contribution in [0.15, 0.2) is 24.0 Å². The van der Waals surface area contributed by atoms with Crippen molar-refractivity contribution in [1.29, 1.82) is 0 Å². The van der Waals surface area contributed by atoms with Crippen molar-refractivity contribution in [3.8, 4) is 0 Å². The van der Waals surface area contributed by atoms with E-state index in [9.17, 15) is 9.90 Å². The Labute approximate surface area is 132 Å². The molecule has 2 aromatic rings. The average Bonchev–Trinajstić information content (AvgIpc) is 3.13. The molecule has 0 aromatic carbocycles. The fourth-order valence-corrected chi connectivity index (χ4v) is 3.19. The van der Waals surface area contributed by atoms with Crippen LogP contribution in [0.25, 0.3) is 0 Å². The summed E-state index contributed by atoms with van der Waals surface area (Å²) in [5.41, 5.74) is 1.39. The van der Waals surface area contributed by atoms with Crippen molar-refractivity contribution in [2.24, 2.45) is 0 Å². The molecule has 22 heavy (non-hydrogen) atoms. The number of aryl methyl sites for hydroxylation is 1. The van der Waals surface area contributed by atoms with Crippen molar-refractivity contribution >= 4 is 23.2 Å². The van der Waals surface area contributed by atoms with Gasteiger partial charge in [0.05, 0.1) is 17.7 Å². The van der Waals surface area contributed by atoms with E-state index in [-0.39, 0.29) is 12.5 Å². The Kier molecular flexibility index (Phi) is 4.04. The van der Waals surface area contributed by atoms with Crippen molar-refractivity contribution in [3.63, 3.8) is 0 Å². The molecule has 7 nitrogen and oxygen atoms in total. The molecule has 1 atom stereocenters. The summed E-state index contributed by atoms with van der Waals surface area (Å²) in [5, 5.41) is 13.4. The Morgan fingerprint density at radius 1 is 1.45 bits per heavy atom. The lowest BCUT2D eigenvalue weighted by molar-refractivity contribution is 0.0576. The van der Waals surface area contributed by atoms with Gasteiger partial charge in [0, 0.05) is 25.5 Å². The first kappa shape index (κ1) is 14.9. The molecule has 0 spiro atoms. The predicted octanol–water partition coefficient (Wildman–Crippen LogP) is 0.613. The van der Waals surface area contributed by atoms with E-state index < -0.39 is 5.60 Å². The molecule has 116 valence electrons. The molecule has 0 saturated carbocycles. The van der Waals surface area contributed by atoms with Gasteiger partial charge in [0.2, 0.25) is 5.95 Å². The molecule has 0 bridgehead atoms. The number of aliphatic hydroxyl groups is 1. The van der Waals surface area contributed by atoms with E-state index in [1.807, 2.05) is 4.90 Å². The minimum Gasteiger partial charge on any atom is -0.386 e. The fraction of sp³-hybridized carbons (Fsp3) is 0.429. The number of carbonyl (C=O) groups excluding carboxylic acids is 1. The van der Waals surface area contributed by atoms with Gasteiger partial charge in [-0.05, 0) is 19.4 Å². The number of nitrogens with zero attached hydrogens (tertiary/aromatic N) is 4. The molecule has 1 amide bonds. The van der Waals surface area contributed by atoms with Crippen LogP contribution in [0.1, 0.15) is 21.8 Å². The van der Waals surface area contributed by atoms with E-state index in [0.29, 0.717) is 36.0 Å². The standard InChI is InChI=1S/C14H17N5O2S/c1-10-11(22-9-18-10)12(20)17-7-14(21)3-6-19(8-14)13-15-4-2-5-16-13/h2,4-5,9,21H,3,6-8H2,1H3,(H,17,20)/t14-/m0/s1. The molecule has 3 heterocycles. The largest absolute Gasteiger partial charge is 0.386 e. The number of hydrogen-bond acceptors (Lipinski definition) is 7. The Balaban J connectivity index is 1.59. The van der Waals surface area contributed by atoms with Crippen LogP contribution in [-0.2, 0) is 0 Å². The molecular formula is C14H17N5O2S. The third-order valence-corrected chi connectivity index (χ3v) is 4.62. The van der Waals surface area contributed by atoms with Crippen molar-refractivity contribution in [1.82, 2.24) is 20.3 Å². The van der Waals surface area contributed by atoms with Crippen LogP contribution in [0.3, 0.4) is 0 Å². The van der Waals surface area contributed by atoms with E-state index in [4.69, 9.17) is 0 Å². The van der Waals surface area contributed by atoms with Gasteiger partial charge in [0.15, 0.2) is 0 Å². The summed E-state index contributed by atoms with van der Waals surface area (Å²) in [4.78, 5) is 27.0. The van der Waals surface area contributed by atoms with E-state index in [2.05, 4.69) is 20.3 Å². The monoisotopic (exact) mass is 319 g/mol. The maximum Gasteiger partial charge on any atom is 0.263 e. The van der Waals surface area contributed by atoms with Gasteiger partial charge in [-0.3, -0.25) is 4.79 Å². The van der Waals surface area contributed by atoms with Gasteiger partial charge >= 0.3 is 0 Å².